The van der Waals surface area contributed by atoms with E-state index in [1.165, 1.54) is 25.3 Å². The van der Waals surface area contributed by atoms with Crippen LogP contribution >= 0.6 is 0 Å². The molecule has 5 N–H and O–H groups in total. The van der Waals surface area contributed by atoms with E-state index in [-0.39, 0.29) is 17.3 Å². The molecule has 0 saturated heterocycles. The Morgan fingerprint density at radius 2 is 2.10 bits per heavy atom. The number of nitrogen functional groups attached to an aromatic ring is 1. The number of primary sulfonamides is 1. The number of anilines is 2. The predicted molar refractivity (Wildman–Crippen MR) is 80.4 cm³/mol. The molecular formula is C12H20N4O4S. The maximum atomic E-state index is 11.7. The molecule has 0 radical (unpaired) electrons. The van der Waals surface area contributed by atoms with Crippen LogP contribution in [0, 0.1) is 0 Å². The normalized spacial score (nSPS) is 11.2. The summed E-state index contributed by atoms with van der Waals surface area (Å²) in [6.45, 7) is 0.844. The maximum absolute atomic E-state index is 11.7. The predicted octanol–water partition coefficient (Wildman–Crippen LogP) is -0.885. The topological polar surface area (TPSA) is 128 Å². The lowest BCUT2D eigenvalue weighted by Crippen LogP contribution is -2.37. The largest absolute Gasteiger partial charge is 0.397 e. The minimum Gasteiger partial charge on any atom is -0.397 e. The van der Waals surface area contributed by atoms with E-state index in [4.69, 9.17) is 15.6 Å². The summed E-state index contributed by atoms with van der Waals surface area (Å²) in [6.07, 6.45) is 0. The number of hydrogen-bond acceptors (Lipinski definition) is 6. The van der Waals surface area contributed by atoms with Gasteiger partial charge in [0.15, 0.2) is 0 Å². The van der Waals surface area contributed by atoms with Gasteiger partial charge in [0.1, 0.15) is 0 Å². The summed E-state index contributed by atoms with van der Waals surface area (Å²) in [7, 11) is -0.648. The molecule has 0 aromatic heterocycles. The zero-order valence-electron chi connectivity index (χ0n) is 12.0. The van der Waals surface area contributed by atoms with Crippen molar-refractivity contribution in [2.24, 2.45) is 5.14 Å². The molecular weight excluding hydrogens is 296 g/mol. The Kier molecular flexibility index (Phi) is 5.94. The van der Waals surface area contributed by atoms with E-state index in [9.17, 15) is 13.2 Å². The third-order valence-corrected chi connectivity index (χ3v) is 3.66. The molecule has 0 heterocycles. The lowest BCUT2D eigenvalue weighted by molar-refractivity contribution is -0.119. The van der Waals surface area contributed by atoms with Crippen LogP contribution in [-0.4, -0.2) is 48.2 Å². The molecule has 0 atom stereocenters. The van der Waals surface area contributed by atoms with Gasteiger partial charge in [-0.25, -0.2) is 13.6 Å². The fraction of sp³-hybridized carbons (Fsp3) is 0.417. The summed E-state index contributed by atoms with van der Waals surface area (Å²) in [6, 6.07) is 4.10. The summed E-state index contributed by atoms with van der Waals surface area (Å²) in [5.41, 5.74) is 6.58. The zero-order valence-corrected chi connectivity index (χ0v) is 12.8. The van der Waals surface area contributed by atoms with Gasteiger partial charge in [-0.2, -0.15) is 0 Å². The van der Waals surface area contributed by atoms with Gasteiger partial charge in [0.25, 0.3) is 0 Å². The molecule has 0 aliphatic carbocycles. The SMILES string of the molecule is COCCNC(=O)CN(C)c1cc(S(N)(=O)=O)ccc1N. The average molecular weight is 316 g/mol. The van der Waals surface area contributed by atoms with Crippen molar-refractivity contribution in [1.82, 2.24) is 5.32 Å². The first-order chi connectivity index (χ1) is 9.75. The van der Waals surface area contributed by atoms with Crippen molar-refractivity contribution < 1.29 is 17.9 Å². The molecule has 0 spiro atoms. The second kappa shape index (κ2) is 7.25. The minimum absolute atomic E-state index is 0.0297. The molecule has 1 amide bonds. The van der Waals surface area contributed by atoms with Crippen LogP contribution in [0.5, 0.6) is 0 Å². The van der Waals surface area contributed by atoms with Crippen LogP contribution in [0.2, 0.25) is 0 Å². The third-order valence-electron chi connectivity index (χ3n) is 2.75. The van der Waals surface area contributed by atoms with Gasteiger partial charge in [-0.3, -0.25) is 4.79 Å². The highest BCUT2D eigenvalue weighted by molar-refractivity contribution is 7.89. The van der Waals surface area contributed by atoms with Crippen LogP contribution in [0.25, 0.3) is 0 Å². The van der Waals surface area contributed by atoms with Crippen molar-refractivity contribution in [1.29, 1.82) is 0 Å². The number of carbonyl (C=O) groups excluding carboxylic acids is 1. The summed E-state index contributed by atoms with van der Waals surface area (Å²) in [4.78, 5) is 13.2. The minimum atomic E-state index is -3.82. The summed E-state index contributed by atoms with van der Waals surface area (Å²) in [5, 5.41) is 7.74. The molecule has 0 aliphatic rings. The first-order valence-corrected chi connectivity index (χ1v) is 7.69. The van der Waals surface area contributed by atoms with Gasteiger partial charge in [-0.05, 0) is 18.2 Å². The highest BCUT2D eigenvalue weighted by Gasteiger charge is 2.14. The lowest BCUT2D eigenvalue weighted by Gasteiger charge is -2.21. The van der Waals surface area contributed by atoms with Crippen molar-refractivity contribution in [2.75, 3.05) is 44.5 Å². The second-order valence-corrected chi connectivity index (χ2v) is 6.03. The molecule has 118 valence electrons. The fourth-order valence-electron chi connectivity index (χ4n) is 1.68. The molecule has 1 aromatic carbocycles. The summed E-state index contributed by atoms with van der Waals surface area (Å²) in [5.74, 6) is -0.227. The number of ether oxygens (including phenoxy) is 1. The van der Waals surface area contributed by atoms with E-state index < -0.39 is 10.0 Å². The number of nitrogens with two attached hydrogens (primary N) is 2. The molecule has 0 aliphatic heterocycles. The van der Waals surface area contributed by atoms with Gasteiger partial charge in [-0.1, -0.05) is 0 Å². The van der Waals surface area contributed by atoms with E-state index in [2.05, 4.69) is 5.32 Å². The number of rotatable bonds is 7. The number of nitrogens with one attached hydrogen (secondary N) is 1. The monoisotopic (exact) mass is 316 g/mol. The highest BCUT2D eigenvalue weighted by Crippen LogP contribution is 2.25. The quantitative estimate of drug-likeness (QED) is 0.442. The number of sulfonamides is 1. The van der Waals surface area contributed by atoms with Crippen molar-refractivity contribution in [3.63, 3.8) is 0 Å². The van der Waals surface area contributed by atoms with Gasteiger partial charge < -0.3 is 20.7 Å². The molecule has 9 heteroatoms. The number of carbonyl (C=O) groups is 1. The molecule has 0 unspecified atom stereocenters. The molecule has 0 bridgehead atoms. The van der Waals surface area contributed by atoms with Crippen LogP contribution in [0.1, 0.15) is 0 Å². The van der Waals surface area contributed by atoms with Gasteiger partial charge in [0, 0.05) is 20.7 Å². The van der Waals surface area contributed by atoms with Gasteiger partial charge in [0.05, 0.1) is 29.4 Å². The number of hydrogen-bond donors (Lipinski definition) is 3. The number of methoxy groups -OCH3 is 1. The van der Waals surface area contributed by atoms with Crippen molar-refractivity contribution >= 4 is 27.3 Å². The number of nitrogens with zero attached hydrogens (tertiary/aromatic N) is 1. The fourth-order valence-corrected chi connectivity index (χ4v) is 2.21. The Balaban J connectivity index is 2.82. The van der Waals surface area contributed by atoms with Crippen molar-refractivity contribution in [3.8, 4) is 0 Å². The van der Waals surface area contributed by atoms with Crippen LogP contribution < -0.4 is 21.1 Å². The Morgan fingerprint density at radius 1 is 1.43 bits per heavy atom. The van der Waals surface area contributed by atoms with Gasteiger partial charge in [-0.15, -0.1) is 0 Å². The highest BCUT2D eigenvalue weighted by atomic mass is 32.2. The summed E-state index contributed by atoms with van der Waals surface area (Å²) >= 11 is 0. The molecule has 21 heavy (non-hydrogen) atoms. The third kappa shape index (κ3) is 5.21. The van der Waals surface area contributed by atoms with E-state index in [1.54, 1.807) is 11.9 Å². The van der Waals surface area contributed by atoms with Crippen LogP contribution in [0.4, 0.5) is 11.4 Å². The standard InChI is InChI=1S/C12H20N4O4S/c1-16(8-12(17)15-5-6-20-2)11-7-9(21(14,18)19)3-4-10(11)13/h3-4,7H,5-6,8,13H2,1-2H3,(H,15,17)(H2,14,18,19). The maximum Gasteiger partial charge on any atom is 0.239 e. The van der Waals surface area contributed by atoms with E-state index >= 15 is 0 Å². The van der Waals surface area contributed by atoms with Crippen molar-refractivity contribution in [3.05, 3.63) is 18.2 Å². The Hall–Kier alpha value is -1.84. The summed E-state index contributed by atoms with van der Waals surface area (Å²) < 4.78 is 27.5. The smallest absolute Gasteiger partial charge is 0.239 e. The van der Waals surface area contributed by atoms with Crippen LogP contribution in [0.15, 0.2) is 23.1 Å². The second-order valence-electron chi connectivity index (χ2n) is 4.46. The Morgan fingerprint density at radius 3 is 2.67 bits per heavy atom. The van der Waals surface area contributed by atoms with E-state index in [0.717, 1.165) is 0 Å². The molecule has 1 rings (SSSR count). The first-order valence-electron chi connectivity index (χ1n) is 6.15. The molecule has 8 nitrogen and oxygen atoms in total. The Bertz CT molecular complexity index is 603. The Labute approximate surface area is 124 Å². The molecule has 0 fully saturated rings. The van der Waals surface area contributed by atoms with Crippen molar-refractivity contribution in [2.45, 2.75) is 4.90 Å². The lowest BCUT2D eigenvalue weighted by atomic mass is 10.2. The zero-order chi connectivity index (χ0) is 16.0. The van der Waals surface area contributed by atoms with Crippen LogP contribution in [0.3, 0.4) is 0 Å². The number of benzene rings is 1. The number of likely N-dealkylation sites (N-methyl/N-ethyl adjacent to an activating group) is 1. The van der Waals surface area contributed by atoms with E-state index in [0.29, 0.717) is 24.5 Å². The first kappa shape index (κ1) is 17.2. The average Bonchev–Trinajstić information content (AvgIpc) is 2.37. The molecule has 1 aromatic rings. The molecule has 0 saturated carbocycles. The van der Waals surface area contributed by atoms with Gasteiger partial charge in [0.2, 0.25) is 15.9 Å². The number of amides is 1. The van der Waals surface area contributed by atoms with Gasteiger partial charge >= 0.3 is 0 Å². The van der Waals surface area contributed by atoms with E-state index in [1.807, 2.05) is 0 Å². The van der Waals surface area contributed by atoms with Crippen LogP contribution in [-0.2, 0) is 19.6 Å².